The van der Waals surface area contributed by atoms with E-state index in [4.69, 9.17) is 10.0 Å². The van der Waals surface area contributed by atoms with Gasteiger partial charge in [-0.05, 0) is 114 Å². The molecule has 0 unspecified atom stereocenters. The van der Waals surface area contributed by atoms with Crippen molar-refractivity contribution in [1.82, 2.24) is 15.0 Å². The van der Waals surface area contributed by atoms with Gasteiger partial charge in [-0.25, -0.2) is 8.78 Å². The van der Waals surface area contributed by atoms with Gasteiger partial charge in [0.2, 0.25) is 0 Å². The van der Waals surface area contributed by atoms with E-state index in [1.54, 1.807) is 48.8 Å². The molecule has 3 aromatic heterocycles. The zero-order valence-corrected chi connectivity index (χ0v) is 25.6. The van der Waals surface area contributed by atoms with Gasteiger partial charge in [-0.15, -0.1) is 0 Å². The summed E-state index contributed by atoms with van der Waals surface area (Å²) in [7, 11) is -1.59. The maximum Gasteiger partial charge on any atom is 0.505 e. The van der Waals surface area contributed by atoms with Crippen LogP contribution in [-0.4, -0.2) is 32.1 Å². The standard InChI is InChI=1S/C14H9BrFNO.C8H7BFNO2.C5H3BrINO/c15-10-6-12(14(18)17-7-10)9-4-8-2-1-3-13(16)11(8)5-9;10-6-2-1-3-7-5(6)4-8(11-7)9(12)13;6-3-1-4(7)5(9)8-2-3/h1-3,5-7H,4H2,(H,17,18);1-4,11-13H;1-2H,(H,8,9). The first-order valence-electron chi connectivity index (χ1n) is 11.6. The third-order valence-corrected chi connectivity index (χ3v) is 7.51. The van der Waals surface area contributed by atoms with Crippen LogP contribution < -0.4 is 16.7 Å². The molecule has 2 aromatic carbocycles. The summed E-state index contributed by atoms with van der Waals surface area (Å²) in [6.07, 6.45) is 5.55. The van der Waals surface area contributed by atoms with Crippen molar-refractivity contribution < 1.29 is 18.8 Å². The first kappa shape index (κ1) is 30.1. The van der Waals surface area contributed by atoms with E-state index in [1.165, 1.54) is 18.2 Å². The first-order chi connectivity index (χ1) is 19.0. The number of allylic oxidation sites excluding steroid dienone is 1. The lowest BCUT2D eigenvalue weighted by Gasteiger charge is -2.01. The number of pyridine rings is 2. The van der Waals surface area contributed by atoms with Gasteiger partial charge in [-0.3, -0.25) is 9.59 Å². The van der Waals surface area contributed by atoms with E-state index in [1.807, 2.05) is 28.7 Å². The summed E-state index contributed by atoms with van der Waals surface area (Å²) in [5.41, 5.74) is 3.49. The highest BCUT2D eigenvalue weighted by Gasteiger charge is 2.19. The molecule has 7 nitrogen and oxygen atoms in total. The van der Waals surface area contributed by atoms with Crippen LogP contribution in [0, 0.1) is 15.2 Å². The molecule has 5 N–H and O–H groups in total. The summed E-state index contributed by atoms with van der Waals surface area (Å²) in [5, 5.41) is 18.0. The van der Waals surface area contributed by atoms with Gasteiger partial charge in [0.15, 0.2) is 0 Å². The average molecular weight is 785 g/mol. The molecule has 204 valence electrons. The molecular weight excluding hydrogens is 766 g/mol. The number of hydrogen-bond acceptors (Lipinski definition) is 4. The molecule has 0 bridgehead atoms. The van der Waals surface area contributed by atoms with Crippen molar-refractivity contribution in [2.75, 3.05) is 0 Å². The van der Waals surface area contributed by atoms with Gasteiger partial charge in [0.1, 0.15) is 11.6 Å². The smallest absolute Gasteiger partial charge is 0.422 e. The van der Waals surface area contributed by atoms with Crippen molar-refractivity contribution in [3.8, 4) is 0 Å². The molecule has 6 rings (SSSR count). The van der Waals surface area contributed by atoms with Crippen molar-refractivity contribution in [2.24, 2.45) is 0 Å². The minimum atomic E-state index is -1.59. The molecule has 0 atom stereocenters. The Morgan fingerprint density at radius 1 is 0.875 bits per heavy atom. The summed E-state index contributed by atoms with van der Waals surface area (Å²) >= 11 is 8.52. The highest BCUT2D eigenvalue weighted by molar-refractivity contribution is 14.1. The molecule has 13 heteroatoms. The molecule has 0 fully saturated rings. The van der Waals surface area contributed by atoms with Gasteiger partial charge in [0.05, 0.1) is 3.57 Å². The Morgan fingerprint density at radius 3 is 2.15 bits per heavy atom. The number of H-pyrrole nitrogens is 3. The van der Waals surface area contributed by atoms with Gasteiger partial charge in [-0.1, -0.05) is 18.2 Å². The summed E-state index contributed by atoms with van der Waals surface area (Å²) in [4.78, 5) is 30.4. The molecule has 0 amide bonds. The normalized spacial score (nSPS) is 11.6. The molecule has 3 heterocycles. The summed E-state index contributed by atoms with van der Waals surface area (Å²) in [6.45, 7) is 0. The van der Waals surface area contributed by atoms with Crippen molar-refractivity contribution in [3.05, 3.63) is 129 Å². The van der Waals surface area contributed by atoms with E-state index in [0.29, 0.717) is 32.0 Å². The van der Waals surface area contributed by atoms with Crippen LogP contribution in [0.2, 0.25) is 0 Å². The summed E-state index contributed by atoms with van der Waals surface area (Å²) < 4.78 is 29.1. The number of rotatable bonds is 2. The highest BCUT2D eigenvalue weighted by atomic mass is 127. The highest BCUT2D eigenvalue weighted by Crippen LogP contribution is 2.32. The monoisotopic (exact) mass is 783 g/mol. The lowest BCUT2D eigenvalue weighted by Crippen LogP contribution is -2.30. The van der Waals surface area contributed by atoms with E-state index < -0.39 is 7.12 Å². The van der Waals surface area contributed by atoms with Crippen LogP contribution in [0.1, 0.15) is 16.7 Å². The molecule has 0 aliphatic heterocycles. The zero-order chi connectivity index (χ0) is 29.0. The fraction of sp³-hybridized carbons (Fsp3) is 0.0370. The van der Waals surface area contributed by atoms with Gasteiger partial charge >= 0.3 is 7.12 Å². The van der Waals surface area contributed by atoms with Crippen LogP contribution >= 0.6 is 54.5 Å². The van der Waals surface area contributed by atoms with E-state index in [0.717, 1.165) is 20.1 Å². The lowest BCUT2D eigenvalue weighted by atomic mass is 9.86. The fourth-order valence-electron chi connectivity index (χ4n) is 3.91. The Bertz CT molecular complexity index is 1840. The second-order valence-corrected chi connectivity index (χ2v) is 11.5. The maximum atomic E-state index is 13.6. The molecule has 1 aliphatic carbocycles. The zero-order valence-electron chi connectivity index (χ0n) is 20.3. The Labute approximate surface area is 256 Å². The van der Waals surface area contributed by atoms with E-state index in [-0.39, 0.29) is 28.3 Å². The average Bonchev–Trinajstić information content (AvgIpc) is 3.55. The van der Waals surface area contributed by atoms with Crippen LogP contribution in [0.4, 0.5) is 8.78 Å². The van der Waals surface area contributed by atoms with Gasteiger partial charge in [0.25, 0.3) is 11.1 Å². The van der Waals surface area contributed by atoms with Crippen molar-refractivity contribution in [1.29, 1.82) is 0 Å². The largest absolute Gasteiger partial charge is 0.505 e. The number of aromatic amines is 3. The molecule has 0 spiro atoms. The Balaban J connectivity index is 0.000000148. The van der Waals surface area contributed by atoms with E-state index >= 15 is 0 Å². The van der Waals surface area contributed by atoms with Crippen molar-refractivity contribution >= 4 is 89.7 Å². The third kappa shape index (κ3) is 7.26. The predicted octanol–water partition coefficient (Wildman–Crippen LogP) is 5.10. The number of halogens is 5. The second kappa shape index (κ2) is 13.2. The number of fused-ring (bicyclic) bond motifs is 2. The third-order valence-electron chi connectivity index (χ3n) is 5.79. The maximum absolute atomic E-state index is 13.6. The Kier molecular flexibility index (Phi) is 9.95. The van der Waals surface area contributed by atoms with Crippen molar-refractivity contribution in [2.45, 2.75) is 6.42 Å². The lowest BCUT2D eigenvalue weighted by molar-refractivity contribution is 0.424. The number of benzene rings is 2. The van der Waals surface area contributed by atoms with Crippen LogP contribution in [0.25, 0.3) is 22.6 Å². The molecule has 0 saturated heterocycles. The molecular formula is C27H19BBr2F2IN3O4. The number of nitrogens with one attached hydrogen (secondary N) is 3. The van der Waals surface area contributed by atoms with Crippen LogP contribution in [0.15, 0.2) is 85.5 Å². The van der Waals surface area contributed by atoms with Crippen LogP contribution in [0.3, 0.4) is 0 Å². The van der Waals surface area contributed by atoms with E-state index in [9.17, 15) is 18.4 Å². The number of aromatic nitrogens is 3. The first-order valence-corrected chi connectivity index (χ1v) is 14.2. The molecule has 5 aromatic rings. The SMILES string of the molecule is O=c1[nH]cc(Br)cc1C1=Cc2c(F)cccc2C1.O=c1[nH]cc(Br)cc1I.OB(O)c1cc2c(F)cccc2[nH]1. The van der Waals surface area contributed by atoms with Gasteiger partial charge in [0, 0.05) is 49.0 Å². The minimum Gasteiger partial charge on any atom is -0.422 e. The Hall–Kier alpha value is -2.85. The van der Waals surface area contributed by atoms with Crippen molar-refractivity contribution in [3.63, 3.8) is 0 Å². The summed E-state index contributed by atoms with van der Waals surface area (Å²) in [6, 6.07) is 14.5. The topological polar surface area (TPSA) is 122 Å². The number of hydrogen-bond donors (Lipinski definition) is 5. The minimum absolute atomic E-state index is 0.0428. The summed E-state index contributed by atoms with van der Waals surface area (Å²) in [5.74, 6) is -0.616. The second-order valence-electron chi connectivity index (χ2n) is 8.51. The van der Waals surface area contributed by atoms with Crippen LogP contribution in [0.5, 0.6) is 0 Å². The molecule has 40 heavy (non-hydrogen) atoms. The quantitative estimate of drug-likeness (QED) is 0.126. The van der Waals surface area contributed by atoms with Gasteiger partial charge in [-0.2, -0.15) is 0 Å². The Morgan fingerprint density at radius 2 is 1.52 bits per heavy atom. The van der Waals surface area contributed by atoms with Crippen LogP contribution in [-0.2, 0) is 6.42 Å². The molecule has 0 saturated carbocycles. The molecule has 0 radical (unpaired) electrons. The van der Waals surface area contributed by atoms with E-state index in [2.05, 4.69) is 46.8 Å². The molecule has 1 aliphatic rings. The fourth-order valence-corrected chi connectivity index (χ4v) is 5.51. The predicted molar refractivity (Wildman–Crippen MR) is 168 cm³/mol. The van der Waals surface area contributed by atoms with Gasteiger partial charge < -0.3 is 25.0 Å².